The molecule has 5 heteroatoms. The van der Waals surface area contributed by atoms with Gasteiger partial charge in [-0.15, -0.1) is 0 Å². The van der Waals surface area contributed by atoms with Crippen molar-refractivity contribution in [3.05, 3.63) is 0 Å². The Kier molecular flexibility index (Phi) is 608. The van der Waals surface area contributed by atoms with Crippen molar-refractivity contribution in [1.29, 1.82) is 0 Å². The average Bonchev–Trinajstić information content (AvgIpc) is 0. The normalized spacial score (nSPS) is 0. The molecule has 0 aliphatic rings. The van der Waals surface area contributed by atoms with Crippen LogP contribution >= 0.6 is 0 Å². The Balaban J connectivity index is 0. The quantitative estimate of drug-likeness (QED) is 0.449. The summed E-state index contributed by atoms with van der Waals surface area (Å²) in [5.41, 5.74) is 0. The van der Waals surface area contributed by atoms with Crippen LogP contribution in [-0.2, 0) is 35.9 Å². The van der Waals surface area contributed by atoms with Gasteiger partial charge in [0.15, 0.2) is 0 Å². The van der Waals surface area contributed by atoms with Crippen molar-refractivity contribution < 1.29 is 35.9 Å². The molecule has 0 aromatic heterocycles. The van der Waals surface area contributed by atoms with Crippen LogP contribution in [0.15, 0.2) is 0 Å². The van der Waals surface area contributed by atoms with Crippen molar-refractivity contribution in [1.82, 2.24) is 0 Å². The molecule has 0 N–H and O–H groups in total. The van der Waals surface area contributed by atoms with E-state index in [1.165, 1.54) is 0 Å². The van der Waals surface area contributed by atoms with Crippen LogP contribution < -0.4 is 0 Å². The van der Waals surface area contributed by atoms with Gasteiger partial charge in [-0.25, -0.2) is 0 Å². The van der Waals surface area contributed by atoms with E-state index in [1.54, 1.807) is 0 Å². The molecule has 0 spiro atoms. The molecule has 0 aromatic carbocycles. The molecule has 0 atom stereocenters. The smallest absolute Gasteiger partial charge is 2.00 e. The monoisotopic (exact) mass is 190 g/mol. The summed E-state index contributed by atoms with van der Waals surface area (Å²) < 4.78 is 0. The van der Waals surface area contributed by atoms with E-state index < -0.39 is 0 Å². The maximum absolute atomic E-state index is 0. The van der Waals surface area contributed by atoms with Crippen molar-refractivity contribution in [3.63, 3.8) is 0 Å². The predicted molar refractivity (Wildman–Crippen MR) is 7.81 cm³/mol. The molecule has 0 aromatic rings. The molecule has 0 aliphatic heterocycles. The summed E-state index contributed by atoms with van der Waals surface area (Å²) in [6, 6.07) is 0. The summed E-state index contributed by atoms with van der Waals surface area (Å²) in [6.07, 6.45) is 0. The fourth-order valence-corrected chi connectivity index (χ4v) is 0. The summed E-state index contributed by atoms with van der Waals surface area (Å²) in [7, 11) is 0. The zero-order valence-electron chi connectivity index (χ0n) is 2.29. The fourth-order valence-electron chi connectivity index (χ4n) is 0. The molecule has 0 radical (unpaired) electrons. The standard InChI is InChI=1S/Ca.3O.Ru/q+2;3*-2;+4. The van der Waals surface area contributed by atoms with E-state index in [9.17, 15) is 0 Å². The molecular formula is CaO3Ru. The fraction of sp³-hybridized carbons (Fsp3) is 0. The molecule has 0 saturated carbocycles. The Hall–Kier alpha value is 1.76. The van der Waals surface area contributed by atoms with Gasteiger partial charge in [-0.3, -0.25) is 0 Å². The zero-order chi connectivity index (χ0) is 0. The van der Waals surface area contributed by atoms with Crippen molar-refractivity contribution in [2.24, 2.45) is 0 Å². The average molecular weight is 189 g/mol. The minimum Gasteiger partial charge on any atom is -2.00 e. The van der Waals surface area contributed by atoms with Gasteiger partial charge < -0.3 is 16.4 Å². The second kappa shape index (κ2) is 42.1. The third-order valence-electron chi connectivity index (χ3n) is 0. The Bertz CT molecular complexity index is 6.85. The van der Waals surface area contributed by atoms with Crippen LogP contribution in [0, 0.1) is 0 Å². The van der Waals surface area contributed by atoms with Gasteiger partial charge in [0, 0.05) is 0 Å². The first kappa shape index (κ1) is 72.3. The minimum absolute atomic E-state index is 0. The Labute approximate surface area is 72.8 Å². The van der Waals surface area contributed by atoms with Crippen LogP contribution in [0.2, 0.25) is 0 Å². The molecular weight excluding hydrogens is 189 g/mol. The molecule has 0 heterocycles. The van der Waals surface area contributed by atoms with E-state index in [-0.39, 0.29) is 73.6 Å². The first-order valence-corrected chi connectivity index (χ1v) is 0. The summed E-state index contributed by atoms with van der Waals surface area (Å²) >= 11 is 0. The van der Waals surface area contributed by atoms with Crippen LogP contribution in [0.3, 0.4) is 0 Å². The summed E-state index contributed by atoms with van der Waals surface area (Å²) in [5.74, 6) is 0. The van der Waals surface area contributed by atoms with E-state index in [2.05, 4.69) is 0 Å². The third kappa shape index (κ3) is 26.3. The zero-order valence-corrected chi connectivity index (χ0v) is 6.23. The summed E-state index contributed by atoms with van der Waals surface area (Å²) in [4.78, 5) is 0. The van der Waals surface area contributed by atoms with Crippen LogP contribution in [0.25, 0.3) is 0 Å². The van der Waals surface area contributed by atoms with Gasteiger partial charge in [0.05, 0.1) is 0 Å². The predicted octanol–water partition coefficient (Wildman–Crippen LogP) is -0.740. The van der Waals surface area contributed by atoms with Gasteiger partial charge in [-0.1, -0.05) is 0 Å². The van der Waals surface area contributed by atoms with Crippen LogP contribution in [0.4, 0.5) is 0 Å². The van der Waals surface area contributed by atoms with Gasteiger partial charge in [-0.05, 0) is 0 Å². The van der Waals surface area contributed by atoms with Crippen molar-refractivity contribution in [3.8, 4) is 0 Å². The van der Waals surface area contributed by atoms with Crippen molar-refractivity contribution >= 4 is 37.7 Å². The third-order valence-corrected chi connectivity index (χ3v) is 0. The van der Waals surface area contributed by atoms with E-state index in [4.69, 9.17) is 0 Å². The molecule has 3 nitrogen and oxygen atoms in total. The second-order valence-corrected chi connectivity index (χ2v) is 0. The van der Waals surface area contributed by atoms with Crippen molar-refractivity contribution in [2.45, 2.75) is 0 Å². The number of hydrogen-bond donors (Lipinski definition) is 0. The maximum Gasteiger partial charge on any atom is 4.00 e. The van der Waals surface area contributed by atoms with Gasteiger partial charge >= 0.3 is 57.2 Å². The molecule has 5 heavy (non-hydrogen) atoms. The largest absolute Gasteiger partial charge is 4.00 e. The Morgan fingerprint density at radius 2 is 0.600 bits per heavy atom. The Morgan fingerprint density at radius 1 is 0.600 bits per heavy atom. The molecule has 0 aliphatic carbocycles. The number of hydrogen-bond acceptors (Lipinski definition) is 0. The van der Waals surface area contributed by atoms with E-state index in [0.29, 0.717) is 0 Å². The topological polar surface area (TPSA) is 85.5 Å². The first-order valence-electron chi connectivity index (χ1n) is 0. The van der Waals surface area contributed by atoms with Gasteiger partial charge in [0.2, 0.25) is 0 Å². The molecule has 0 unspecified atom stereocenters. The molecule has 0 fully saturated rings. The Morgan fingerprint density at radius 3 is 0.600 bits per heavy atom. The number of rotatable bonds is 0. The van der Waals surface area contributed by atoms with Crippen LogP contribution in [0.1, 0.15) is 0 Å². The van der Waals surface area contributed by atoms with E-state index in [0.717, 1.165) is 0 Å². The molecule has 0 amide bonds. The first-order chi connectivity index (χ1) is 0. The molecule has 0 bridgehead atoms. The SMILES string of the molecule is [Ca+2].[O-2].[O-2].[O-2].[Ru+4]. The van der Waals surface area contributed by atoms with Gasteiger partial charge in [0.25, 0.3) is 0 Å². The van der Waals surface area contributed by atoms with Crippen LogP contribution in [0.5, 0.6) is 0 Å². The van der Waals surface area contributed by atoms with E-state index >= 15 is 0 Å². The maximum atomic E-state index is 0. The molecule has 28 valence electrons. The second-order valence-electron chi connectivity index (χ2n) is 0. The van der Waals surface area contributed by atoms with Gasteiger partial charge in [-0.2, -0.15) is 0 Å². The van der Waals surface area contributed by atoms with Crippen molar-refractivity contribution in [2.75, 3.05) is 0 Å². The summed E-state index contributed by atoms with van der Waals surface area (Å²) in [5, 5.41) is 0. The van der Waals surface area contributed by atoms with Crippen LogP contribution in [-0.4, -0.2) is 37.7 Å². The summed E-state index contributed by atoms with van der Waals surface area (Å²) in [6.45, 7) is 0. The minimum atomic E-state index is 0. The van der Waals surface area contributed by atoms with Gasteiger partial charge in [0.1, 0.15) is 0 Å². The molecule has 0 saturated heterocycles. The van der Waals surface area contributed by atoms with E-state index in [1.807, 2.05) is 0 Å². The molecule has 0 rings (SSSR count).